The number of ether oxygens (including phenoxy) is 1. The molecule has 0 radical (unpaired) electrons. The molecule has 1 aliphatic rings. The van der Waals surface area contributed by atoms with Gasteiger partial charge < -0.3 is 14.6 Å². The van der Waals surface area contributed by atoms with Crippen LogP contribution in [0.4, 0.5) is 0 Å². The van der Waals surface area contributed by atoms with Crippen molar-refractivity contribution in [3.8, 4) is 0 Å². The predicted molar refractivity (Wildman–Crippen MR) is 94.3 cm³/mol. The second-order valence-electron chi connectivity index (χ2n) is 6.12. The Kier molecular flexibility index (Phi) is 5.30. The molecular formula is C18H24N2O2S. The Labute approximate surface area is 141 Å². The number of aryl methyl sites for hydroxylation is 1. The van der Waals surface area contributed by atoms with Crippen LogP contribution in [0.5, 0.6) is 0 Å². The molecule has 23 heavy (non-hydrogen) atoms. The van der Waals surface area contributed by atoms with Gasteiger partial charge in [-0.05, 0) is 43.9 Å². The summed E-state index contributed by atoms with van der Waals surface area (Å²) in [6.45, 7) is 4.30. The zero-order valence-corrected chi connectivity index (χ0v) is 14.6. The SMILES string of the molecule is COCCn1c2c(ccc1=O)C[C@H](NCc1ccc(C)s1)CC2. The van der Waals surface area contributed by atoms with Crippen LogP contribution in [0.1, 0.15) is 27.4 Å². The van der Waals surface area contributed by atoms with E-state index in [0.717, 1.165) is 25.8 Å². The molecule has 0 unspecified atom stereocenters. The molecule has 0 aromatic carbocycles. The quantitative estimate of drug-likeness (QED) is 0.884. The van der Waals surface area contributed by atoms with E-state index in [2.05, 4.69) is 24.4 Å². The molecule has 2 heterocycles. The molecular weight excluding hydrogens is 308 g/mol. The monoisotopic (exact) mass is 332 g/mol. The number of hydrogen-bond acceptors (Lipinski definition) is 4. The van der Waals surface area contributed by atoms with Crippen molar-refractivity contribution in [2.75, 3.05) is 13.7 Å². The van der Waals surface area contributed by atoms with Gasteiger partial charge in [-0.15, -0.1) is 11.3 Å². The Bertz CT molecular complexity index is 720. The maximum Gasteiger partial charge on any atom is 0.250 e. The number of thiophene rings is 1. The molecule has 124 valence electrons. The van der Waals surface area contributed by atoms with Crippen LogP contribution in [0, 0.1) is 6.92 Å². The molecule has 0 amide bonds. The van der Waals surface area contributed by atoms with Gasteiger partial charge >= 0.3 is 0 Å². The number of pyridine rings is 1. The minimum absolute atomic E-state index is 0.0845. The third-order valence-electron chi connectivity index (χ3n) is 4.47. The highest BCUT2D eigenvalue weighted by atomic mass is 32.1. The smallest absolute Gasteiger partial charge is 0.250 e. The lowest BCUT2D eigenvalue weighted by Gasteiger charge is -2.27. The van der Waals surface area contributed by atoms with Crippen LogP contribution in [-0.4, -0.2) is 24.3 Å². The summed E-state index contributed by atoms with van der Waals surface area (Å²) in [5, 5.41) is 3.67. The van der Waals surface area contributed by atoms with Gasteiger partial charge in [0.1, 0.15) is 0 Å². The Morgan fingerprint density at radius 3 is 2.96 bits per heavy atom. The van der Waals surface area contributed by atoms with Crippen molar-refractivity contribution in [1.82, 2.24) is 9.88 Å². The van der Waals surface area contributed by atoms with Gasteiger partial charge in [-0.2, -0.15) is 0 Å². The topological polar surface area (TPSA) is 43.3 Å². The number of rotatable bonds is 6. The minimum Gasteiger partial charge on any atom is -0.383 e. The summed E-state index contributed by atoms with van der Waals surface area (Å²) < 4.78 is 7.02. The fourth-order valence-corrected chi connectivity index (χ4v) is 4.09. The van der Waals surface area contributed by atoms with Gasteiger partial charge in [0.25, 0.3) is 5.56 Å². The molecule has 1 aliphatic carbocycles. The number of nitrogens with zero attached hydrogens (tertiary/aromatic N) is 1. The van der Waals surface area contributed by atoms with Gasteiger partial charge in [-0.25, -0.2) is 0 Å². The summed E-state index contributed by atoms with van der Waals surface area (Å²) in [4.78, 5) is 14.8. The van der Waals surface area contributed by atoms with Gasteiger partial charge in [0.15, 0.2) is 0 Å². The maximum absolute atomic E-state index is 12.1. The van der Waals surface area contributed by atoms with Crippen molar-refractivity contribution < 1.29 is 4.74 Å². The summed E-state index contributed by atoms with van der Waals surface area (Å²) in [5.74, 6) is 0. The lowest BCUT2D eigenvalue weighted by Crippen LogP contribution is -2.37. The van der Waals surface area contributed by atoms with Crippen LogP contribution in [0.25, 0.3) is 0 Å². The van der Waals surface area contributed by atoms with E-state index in [0.29, 0.717) is 19.2 Å². The normalized spacial score (nSPS) is 17.2. The van der Waals surface area contributed by atoms with Crippen molar-refractivity contribution in [3.63, 3.8) is 0 Å². The van der Waals surface area contributed by atoms with Crippen molar-refractivity contribution in [2.45, 2.75) is 45.3 Å². The van der Waals surface area contributed by atoms with E-state index in [1.54, 1.807) is 13.2 Å². The van der Waals surface area contributed by atoms with Gasteiger partial charge in [0.2, 0.25) is 0 Å². The van der Waals surface area contributed by atoms with Crippen LogP contribution in [-0.2, 0) is 30.7 Å². The first-order chi connectivity index (χ1) is 11.2. The fourth-order valence-electron chi connectivity index (χ4n) is 3.25. The second-order valence-corrected chi connectivity index (χ2v) is 7.49. The Hall–Kier alpha value is -1.43. The average molecular weight is 332 g/mol. The van der Waals surface area contributed by atoms with Gasteiger partial charge in [-0.3, -0.25) is 4.79 Å². The number of nitrogens with one attached hydrogen (secondary N) is 1. The van der Waals surface area contributed by atoms with E-state index in [9.17, 15) is 4.79 Å². The summed E-state index contributed by atoms with van der Waals surface area (Å²) in [5.41, 5.74) is 2.58. The highest BCUT2D eigenvalue weighted by Gasteiger charge is 2.21. The van der Waals surface area contributed by atoms with Crippen molar-refractivity contribution >= 4 is 11.3 Å². The Morgan fingerprint density at radius 1 is 1.35 bits per heavy atom. The molecule has 0 saturated carbocycles. The maximum atomic E-state index is 12.1. The van der Waals surface area contributed by atoms with E-state index in [-0.39, 0.29) is 5.56 Å². The highest BCUT2D eigenvalue weighted by Crippen LogP contribution is 2.21. The zero-order valence-electron chi connectivity index (χ0n) is 13.8. The molecule has 3 rings (SSSR count). The van der Waals surface area contributed by atoms with Gasteiger partial charge in [0.05, 0.1) is 6.61 Å². The van der Waals surface area contributed by atoms with Crippen molar-refractivity contribution in [3.05, 3.63) is 55.6 Å². The molecule has 4 nitrogen and oxygen atoms in total. The van der Waals surface area contributed by atoms with Crippen molar-refractivity contribution in [1.29, 1.82) is 0 Å². The summed E-state index contributed by atoms with van der Waals surface area (Å²) >= 11 is 1.85. The van der Waals surface area contributed by atoms with Crippen molar-refractivity contribution in [2.24, 2.45) is 0 Å². The van der Waals surface area contributed by atoms with E-state index < -0.39 is 0 Å². The molecule has 0 fully saturated rings. The van der Waals surface area contributed by atoms with E-state index in [1.807, 2.05) is 22.0 Å². The molecule has 1 atom stereocenters. The predicted octanol–water partition coefficient (Wildman–Crippen LogP) is 2.51. The first-order valence-corrected chi connectivity index (χ1v) is 8.98. The first-order valence-electron chi connectivity index (χ1n) is 8.16. The largest absolute Gasteiger partial charge is 0.383 e. The van der Waals surface area contributed by atoms with E-state index >= 15 is 0 Å². The second kappa shape index (κ2) is 7.43. The number of fused-ring (bicyclic) bond motifs is 1. The Balaban J connectivity index is 1.67. The Morgan fingerprint density at radius 2 is 2.22 bits per heavy atom. The number of aromatic nitrogens is 1. The van der Waals surface area contributed by atoms with E-state index in [1.165, 1.54) is 21.0 Å². The summed E-state index contributed by atoms with van der Waals surface area (Å²) in [6, 6.07) is 8.56. The number of methoxy groups -OCH3 is 1. The lowest BCUT2D eigenvalue weighted by atomic mass is 9.91. The molecule has 1 N–H and O–H groups in total. The van der Waals surface area contributed by atoms with Crippen LogP contribution >= 0.6 is 11.3 Å². The average Bonchev–Trinajstić information content (AvgIpc) is 2.97. The van der Waals surface area contributed by atoms with Crippen LogP contribution in [0.3, 0.4) is 0 Å². The lowest BCUT2D eigenvalue weighted by molar-refractivity contribution is 0.184. The summed E-state index contributed by atoms with van der Waals surface area (Å²) in [6.07, 6.45) is 3.02. The third kappa shape index (κ3) is 3.91. The van der Waals surface area contributed by atoms with Gasteiger partial charge in [-0.1, -0.05) is 6.07 Å². The van der Waals surface area contributed by atoms with Crippen LogP contribution in [0.15, 0.2) is 29.1 Å². The number of hydrogen-bond donors (Lipinski definition) is 1. The third-order valence-corrected chi connectivity index (χ3v) is 5.47. The molecule has 0 spiro atoms. The zero-order chi connectivity index (χ0) is 16.2. The molecule has 2 aromatic heterocycles. The van der Waals surface area contributed by atoms with E-state index in [4.69, 9.17) is 4.74 Å². The first kappa shape index (κ1) is 16.4. The molecule has 2 aromatic rings. The van der Waals surface area contributed by atoms with Gasteiger partial charge in [0, 0.05) is 47.8 Å². The summed E-state index contributed by atoms with van der Waals surface area (Å²) in [7, 11) is 1.67. The molecule has 0 aliphatic heterocycles. The molecule has 0 saturated heterocycles. The van der Waals surface area contributed by atoms with Crippen LogP contribution < -0.4 is 10.9 Å². The molecule has 0 bridgehead atoms. The standard InChI is InChI=1S/C18H24N2O2S/c1-13-3-6-16(23-13)12-19-15-5-7-17-14(11-15)4-8-18(21)20(17)9-10-22-2/h3-4,6,8,15,19H,5,7,9-12H2,1-2H3/t15-/m1/s1. The molecule has 5 heteroatoms. The minimum atomic E-state index is 0.0845. The fraction of sp³-hybridized carbons (Fsp3) is 0.500. The highest BCUT2D eigenvalue weighted by molar-refractivity contribution is 7.11. The van der Waals surface area contributed by atoms with Crippen LogP contribution in [0.2, 0.25) is 0 Å².